The van der Waals surface area contributed by atoms with Gasteiger partial charge in [0.1, 0.15) is 0 Å². The second-order valence-corrected chi connectivity index (χ2v) is 6.68. The molecule has 1 aromatic carbocycles. The van der Waals surface area contributed by atoms with Crippen LogP contribution in [0.3, 0.4) is 0 Å². The number of fused-ring (bicyclic) bond motifs is 1. The monoisotopic (exact) mass is 344 g/mol. The van der Waals surface area contributed by atoms with E-state index >= 15 is 0 Å². The van der Waals surface area contributed by atoms with Crippen molar-refractivity contribution in [2.75, 3.05) is 18.1 Å². The van der Waals surface area contributed by atoms with Crippen molar-refractivity contribution in [3.05, 3.63) is 24.3 Å². The van der Waals surface area contributed by atoms with Gasteiger partial charge in [-0.15, -0.1) is 0 Å². The Kier molecular flexibility index (Phi) is 5.03. The van der Waals surface area contributed by atoms with Gasteiger partial charge in [0.25, 0.3) is 0 Å². The van der Waals surface area contributed by atoms with Crippen molar-refractivity contribution in [2.45, 2.75) is 32.7 Å². The van der Waals surface area contributed by atoms with Gasteiger partial charge in [-0.2, -0.15) is 5.10 Å². The van der Waals surface area contributed by atoms with Crippen LogP contribution >= 0.6 is 0 Å². The number of amides is 2. The number of H-pyrrole nitrogens is 1. The van der Waals surface area contributed by atoms with Crippen molar-refractivity contribution in [3.8, 4) is 0 Å². The molecule has 0 saturated carbocycles. The fraction of sp³-hybridized carbons (Fsp3) is 0.500. The summed E-state index contributed by atoms with van der Waals surface area (Å²) in [6.45, 7) is 4.21. The van der Waals surface area contributed by atoms with Gasteiger partial charge in [0.2, 0.25) is 11.8 Å². The van der Waals surface area contributed by atoms with Crippen LogP contribution in [0, 0.1) is 11.8 Å². The molecule has 2 amide bonds. The number of aromatic amines is 1. The third-order valence-corrected chi connectivity index (χ3v) is 5.06. The Labute approximate surface area is 146 Å². The maximum absolute atomic E-state index is 12.5. The highest BCUT2D eigenvalue weighted by atomic mass is 16.3. The van der Waals surface area contributed by atoms with E-state index in [2.05, 4.69) is 15.5 Å². The van der Waals surface area contributed by atoms with Gasteiger partial charge in [-0.25, -0.2) is 0 Å². The Morgan fingerprint density at radius 1 is 1.48 bits per heavy atom. The molecule has 1 aromatic heterocycles. The molecule has 0 unspecified atom stereocenters. The van der Waals surface area contributed by atoms with E-state index in [0.717, 1.165) is 17.3 Å². The Bertz CT molecular complexity index is 773. The summed E-state index contributed by atoms with van der Waals surface area (Å²) >= 11 is 0. The number of anilines is 1. The molecule has 7 heteroatoms. The van der Waals surface area contributed by atoms with E-state index in [4.69, 9.17) is 0 Å². The van der Waals surface area contributed by atoms with Crippen LogP contribution in [0.5, 0.6) is 0 Å². The van der Waals surface area contributed by atoms with Crippen LogP contribution in [0.4, 0.5) is 5.82 Å². The lowest BCUT2D eigenvalue weighted by atomic mass is 9.98. The maximum atomic E-state index is 12.5. The average molecular weight is 344 g/mol. The predicted octanol–water partition coefficient (Wildman–Crippen LogP) is 1.44. The number of rotatable bonds is 6. The van der Waals surface area contributed by atoms with Crippen LogP contribution in [0.1, 0.15) is 26.7 Å². The molecule has 25 heavy (non-hydrogen) atoms. The highest BCUT2D eigenvalue weighted by Gasteiger charge is 2.37. The predicted molar refractivity (Wildman–Crippen MR) is 95.0 cm³/mol. The third kappa shape index (κ3) is 3.37. The first-order valence-electron chi connectivity index (χ1n) is 8.69. The standard InChI is InChI=1S/C18H24N4O3/c1-3-11(2)15(10-23)19-18(25)12-8-16(24)22(9-12)17-13-6-4-5-7-14(13)20-21-17/h4-7,11-12,15,23H,3,8-10H2,1-2H3,(H,19,25)(H,20,21)/t11-,12+,15+/m0/s1. The lowest BCUT2D eigenvalue weighted by Crippen LogP contribution is -2.45. The molecular weight excluding hydrogens is 320 g/mol. The van der Waals surface area contributed by atoms with Gasteiger partial charge in [0.15, 0.2) is 5.82 Å². The summed E-state index contributed by atoms with van der Waals surface area (Å²) in [5, 5.41) is 20.4. The normalized spacial score (nSPS) is 20.0. The Morgan fingerprint density at radius 3 is 2.96 bits per heavy atom. The zero-order valence-corrected chi connectivity index (χ0v) is 14.5. The van der Waals surface area contributed by atoms with Gasteiger partial charge in [-0.1, -0.05) is 32.4 Å². The fourth-order valence-corrected chi connectivity index (χ4v) is 3.20. The zero-order valence-electron chi connectivity index (χ0n) is 14.5. The van der Waals surface area contributed by atoms with E-state index in [1.165, 1.54) is 0 Å². The molecule has 2 aromatic rings. The van der Waals surface area contributed by atoms with E-state index in [1.54, 1.807) is 4.90 Å². The number of hydrogen-bond donors (Lipinski definition) is 3. The van der Waals surface area contributed by atoms with Crippen LogP contribution in [0.15, 0.2) is 24.3 Å². The number of nitrogens with one attached hydrogen (secondary N) is 2. The van der Waals surface area contributed by atoms with Gasteiger partial charge < -0.3 is 10.4 Å². The lowest BCUT2D eigenvalue weighted by molar-refractivity contribution is -0.127. The van der Waals surface area contributed by atoms with Gasteiger partial charge >= 0.3 is 0 Å². The van der Waals surface area contributed by atoms with E-state index in [0.29, 0.717) is 12.4 Å². The quantitative estimate of drug-likeness (QED) is 0.738. The highest BCUT2D eigenvalue weighted by Crippen LogP contribution is 2.29. The van der Waals surface area contributed by atoms with E-state index in [-0.39, 0.29) is 36.8 Å². The van der Waals surface area contributed by atoms with Crippen LogP contribution < -0.4 is 10.2 Å². The number of aromatic nitrogens is 2. The van der Waals surface area contributed by atoms with Crippen molar-refractivity contribution in [1.82, 2.24) is 15.5 Å². The molecule has 3 rings (SSSR count). The van der Waals surface area contributed by atoms with Crippen molar-refractivity contribution in [1.29, 1.82) is 0 Å². The number of aliphatic hydroxyl groups excluding tert-OH is 1. The maximum Gasteiger partial charge on any atom is 0.229 e. The molecule has 1 fully saturated rings. The van der Waals surface area contributed by atoms with Crippen LogP contribution in [-0.2, 0) is 9.59 Å². The van der Waals surface area contributed by atoms with Crippen LogP contribution in [0.25, 0.3) is 10.9 Å². The summed E-state index contributed by atoms with van der Waals surface area (Å²) in [7, 11) is 0. The fourth-order valence-electron chi connectivity index (χ4n) is 3.20. The summed E-state index contributed by atoms with van der Waals surface area (Å²) in [5.74, 6) is 0.0200. The Morgan fingerprint density at radius 2 is 2.24 bits per heavy atom. The molecule has 0 bridgehead atoms. The topological polar surface area (TPSA) is 98.3 Å². The first kappa shape index (κ1) is 17.4. The summed E-state index contributed by atoms with van der Waals surface area (Å²) in [6, 6.07) is 7.31. The summed E-state index contributed by atoms with van der Waals surface area (Å²) in [4.78, 5) is 26.5. The minimum Gasteiger partial charge on any atom is -0.394 e. The van der Waals surface area contributed by atoms with Crippen LogP contribution in [-0.4, -0.2) is 46.3 Å². The summed E-state index contributed by atoms with van der Waals surface area (Å²) in [6.07, 6.45) is 1.02. The Hall–Kier alpha value is -2.41. The van der Waals surface area contributed by atoms with Crippen molar-refractivity contribution in [3.63, 3.8) is 0 Å². The number of carbonyl (C=O) groups is 2. The molecule has 3 atom stereocenters. The zero-order chi connectivity index (χ0) is 18.0. The second-order valence-electron chi connectivity index (χ2n) is 6.68. The molecule has 1 aliphatic heterocycles. The first-order chi connectivity index (χ1) is 12.0. The molecule has 0 aliphatic carbocycles. The highest BCUT2D eigenvalue weighted by molar-refractivity contribution is 6.05. The minimum absolute atomic E-state index is 0.102. The number of para-hydroxylation sites is 1. The number of hydrogen-bond acceptors (Lipinski definition) is 4. The second kappa shape index (κ2) is 7.23. The molecule has 3 N–H and O–H groups in total. The van der Waals surface area contributed by atoms with Crippen molar-refractivity contribution < 1.29 is 14.7 Å². The molecule has 0 spiro atoms. The van der Waals surface area contributed by atoms with Gasteiger partial charge in [-0.3, -0.25) is 19.6 Å². The lowest BCUT2D eigenvalue weighted by Gasteiger charge is -2.23. The molecule has 0 radical (unpaired) electrons. The van der Waals surface area contributed by atoms with E-state index in [9.17, 15) is 14.7 Å². The van der Waals surface area contributed by atoms with Gasteiger partial charge in [0.05, 0.1) is 24.1 Å². The Balaban J connectivity index is 1.73. The average Bonchev–Trinajstić information content (AvgIpc) is 3.22. The molecular formula is C18H24N4O3. The van der Waals surface area contributed by atoms with Gasteiger partial charge in [0, 0.05) is 18.4 Å². The minimum atomic E-state index is -0.430. The SMILES string of the molecule is CC[C@H](C)[C@@H](CO)NC(=O)[C@@H]1CC(=O)N(c2n[nH]c3ccccc23)C1. The molecule has 1 saturated heterocycles. The largest absolute Gasteiger partial charge is 0.394 e. The molecule has 134 valence electrons. The van der Waals surface area contributed by atoms with E-state index in [1.807, 2.05) is 38.1 Å². The first-order valence-corrected chi connectivity index (χ1v) is 8.69. The van der Waals surface area contributed by atoms with E-state index < -0.39 is 5.92 Å². The molecule has 1 aliphatic rings. The van der Waals surface area contributed by atoms with Gasteiger partial charge in [-0.05, 0) is 18.1 Å². The van der Waals surface area contributed by atoms with Crippen molar-refractivity contribution in [2.24, 2.45) is 11.8 Å². The van der Waals surface area contributed by atoms with Crippen LogP contribution in [0.2, 0.25) is 0 Å². The molecule has 2 heterocycles. The number of carbonyl (C=O) groups excluding carboxylic acids is 2. The number of benzene rings is 1. The summed E-state index contributed by atoms with van der Waals surface area (Å²) < 4.78 is 0. The number of nitrogens with zero attached hydrogens (tertiary/aromatic N) is 2. The summed E-state index contributed by atoms with van der Waals surface area (Å²) in [5.41, 5.74) is 0.857. The van der Waals surface area contributed by atoms with Crippen molar-refractivity contribution >= 4 is 28.5 Å². The smallest absolute Gasteiger partial charge is 0.229 e. The number of aliphatic hydroxyl groups is 1. The third-order valence-electron chi connectivity index (χ3n) is 5.06. The molecule has 7 nitrogen and oxygen atoms in total.